The van der Waals surface area contributed by atoms with E-state index in [1.165, 1.54) is 28.9 Å². The summed E-state index contributed by atoms with van der Waals surface area (Å²) in [5.74, 6) is -0.941. The first-order valence-corrected chi connectivity index (χ1v) is 8.98. The quantitative estimate of drug-likeness (QED) is 0.262. The van der Waals surface area contributed by atoms with Crippen molar-refractivity contribution in [3.8, 4) is 5.69 Å². The summed E-state index contributed by atoms with van der Waals surface area (Å²) in [6, 6.07) is 13.3. The van der Waals surface area contributed by atoms with Crippen LogP contribution in [0.1, 0.15) is 12.1 Å². The molecule has 2 N–H and O–H groups in total. The Morgan fingerprint density at radius 2 is 1.83 bits per heavy atom. The van der Waals surface area contributed by atoms with Gasteiger partial charge in [-0.25, -0.2) is 9.69 Å². The van der Waals surface area contributed by atoms with Crippen LogP contribution >= 0.6 is 0 Å². The number of nitrogens with zero attached hydrogens (tertiary/aromatic N) is 3. The zero-order valence-electron chi connectivity index (χ0n) is 15.5. The molecule has 0 spiro atoms. The lowest BCUT2D eigenvalue weighted by Gasteiger charge is -2.14. The van der Waals surface area contributed by atoms with Gasteiger partial charge >= 0.3 is 11.3 Å². The van der Waals surface area contributed by atoms with Crippen molar-refractivity contribution in [3.63, 3.8) is 0 Å². The van der Waals surface area contributed by atoms with Crippen LogP contribution in [0.4, 0.5) is 11.4 Å². The van der Waals surface area contributed by atoms with E-state index in [-0.39, 0.29) is 30.0 Å². The van der Waals surface area contributed by atoms with Gasteiger partial charge in [0, 0.05) is 24.3 Å². The summed E-state index contributed by atoms with van der Waals surface area (Å²) in [4.78, 5) is 48.4. The lowest BCUT2D eigenvalue weighted by atomic mass is 10.2. The Morgan fingerprint density at radius 3 is 2.50 bits per heavy atom. The van der Waals surface area contributed by atoms with Crippen molar-refractivity contribution < 1.29 is 23.7 Å². The van der Waals surface area contributed by atoms with Crippen LogP contribution in [-0.4, -0.2) is 28.1 Å². The fourth-order valence-corrected chi connectivity index (χ4v) is 3.24. The molecule has 4 rings (SSSR count). The highest BCUT2D eigenvalue weighted by atomic mass is 16.6. The molecule has 0 aliphatic carbocycles. The summed E-state index contributed by atoms with van der Waals surface area (Å²) in [6.45, 7) is -0.0154. The van der Waals surface area contributed by atoms with Crippen molar-refractivity contribution >= 4 is 23.2 Å². The van der Waals surface area contributed by atoms with Gasteiger partial charge in [0.2, 0.25) is 11.6 Å². The van der Waals surface area contributed by atoms with Gasteiger partial charge in [-0.05, 0) is 22.1 Å². The number of hydrogen-bond acceptors (Lipinski definition) is 7. The van der Waals surface area contributed by atoms with Crippen molar-refractivity contribution in [1.82, 2.24) is 10.6 Å². The number of anilines is 1. The molecule has 1 aliphatic rings. The number of aromatic amines is 1. The molecule has 1 fully saturated rings. The van der Waals surface area contributed by atoms with Crippen LogP contribution in [0.25, 0.3) is 5.69 Å². The number of carbonyl (C=O) groups excluding carboxylic acids is 2. The summed E-state index contributed by atoms with van der Waals surface area (Å²) in [7, 11) is 0. The molecular formula is C19H16N5O6+. The van der Waals surface area contributed by atoms with E-state index in [2.05, 4.69) is 10.6 Å². The van der Waals surface area contributed by atoms with E-state index < -0.39 is 28.4 Å². The van der Waals surface area contributed by atoms with Gasteiger partial charge in [0.1, 0.15) is 0 Å². The first kappa shape index (κ1) is 19.2. The zero-order valence-corrected chi connectivity index (χ0v) is 15.5. The Labute approximate surface area is 168 Å². The van der Waals surface area contributed by atoms with Gasteiger partial charge in [-0.1, -0.05) is 18.2 Å². The minimum absolute atomic E-state index is 0.0154. The number of para-hydroxylation sites is 1. The van der Waals surface area contributed by atoms with Gasteiger partial charge in [0.05, 0.1) is 29.6 Å². The van der Waals surface area contributed by atoms with Crippen LogP contribution in [0, 0.1) is 10.1 Å². The number of nitro groups is 1. The van der Waals surface area contributed by atoms with Crippen LogP contribution in [0.15, 0.2) is 63.9 Å². The normalized spacial score (nSPS) is 16.3. The van der Waals surface area contributed by atoms with E-state index in [4.69, 9.17) is 4.52 Å². The zero-order chi connectivity index (χ0) is 21.3. The minimum Gasteiger partial charge on any atom is -0.296 e. The van der Waals surface area contributed by atoms with E-state index in [0.717, 1.165) is 4.90 Å². The highest BCUT2D eigenvalue weighted by Crippen LogP contribution is 2.25. The van der Waals surface area contributed by atoms with Crippen molar-refractivity contribution in [2.45, 2.75) is 19.0 Å². The average Bonchev–Trinajstić information content (AvgIpc) is 3.25. The molecule has 0 bridgehead atoms. The maximum Gasteiger partial charge on any atom is 0.431 e. The topological polar surface area (TPSA) is 142 Å². The molecule has 11 nitrogen and oxygen atoms in total. The molecule has 3 aromatic rings. The number of aromatic nitrogens is 2. The predicted octanol–water partition coefficient (Wildman–Crippen LogP) is 0.575. The lowest BCUT2D eigenvalue weighted by molar-refractivity contribution is -0.677. The van der Waals surface area contributed by atoms with Gasteiger partial charge in [0.15, 0.2) is 0 Å². The molecule has 2 amide bonds. The van der Waals surface area contributed by atoms with Gasteiger partial charge in [-0.3, -0.25) is 29.5 Å². The van der Waals surface area contributed by atoms with E-state index in [1.807, 2.05) is 6.07 Å². The molecular weight excluding hydrogens is 394 g/mol. The third-order valence-corrected chi connectivity index (χ3v) is 4.73. The number of imide groups is 1. The number of benzene rings is 2. The van der Waals surface area contributed by atoms with Crippen LogP contribution in [-0.2, 0) is 16.1 Å². The Balaban J connectivity index is 1.50. The Hall–Kier alpha value is -4.12. The first-order valence-electron chi connectivity index (χ1n) is 8.98. The fraction of sp³-hybridized carbons (Fsp3) is 0.158. The number of amides is 2. The van der Waals surface area contributed by atoms with Crippen LogP contribution in [0.2, 0.25) is 0 Å². The number of nitrogens with one attached hydrogen (secondary N) is 2. The van der Waals surface area contributed by atoms with Crippen molar-refractivity contribution in [2.24, 2.45) is 0 Å². The molecule has 0 saturated carbocycles. The van der Waals surface area contributed by atoms with E-state index in [0.29, 0.717) is 5.69 Å². The van der Waals surface area contributed by atoms with Gasteiger partial charge < -0.3 is 0 Å². The monoisotopic (exact) mass is 410 g/mol. The molecule has 2 aromatic carbocycles. The molecule has 0 radical (unpaired) electrons. The van der Waals surface area contributed by atoms with E-state index >= 15 is 0 Å². The SMILES string of the molecule is O=C1CC(NCc2c(=O)o[nH][n+]2-c2ccccc2)C(=O)N1c1ccc([N+](=O)[O-])cc1. The Morgan fingerprint density at radius 1 is 1.13 bits per heavy atom. The molecule has 2 heterocycles. The Kier molecular flexibility index (Phi) is 4.94. The molecule has 152 valence electrons. The Bertz CT molecular complexity index is 1170. The van der Waals surface area contributed by atoms with Crippen LogP contribution in [0.3, 0.4) is 0 Å². The number of carbonyl (C=O) groups is 2. The van der Waals surface area contributed by atoms with Crippen molar-refractivity contribution in [2.75, 3.05) is 4.90 Å². The number of rotatable bonds is 6. The molecule has 11 heteroatoms. The maximum absolute atomic E-state index is 12.7. The summed E-state index contributed by atoms with van der Waals surface area (Å²) in [5, 5.41) is 16.2. The molecule has 1 atom stereocenters. The minimum atomic E-state index is -0.841. The number of non-ortho nitro benzene ring substituents is 1. The molecule has 1 unspecified atom stereocenters. The summed E-state index contributed by atoms with van der Waals surface area (Å²) < 4.78 is 6.31. The third-order valence-electron chi connectivity index (χ3n) is 4.73. The number of hydrogen-bond donors (Lipinski definition) is 2. The highest BCUT2D eigenvalue weighted by molar-refractivity contribution is 6.22. The van der Waals surface area contributed by atoms with E-state index in [9.17, 15) is 24.5 Å². The lowest BCUT2D eigenvalue weighted by Crippen LogP contribution is -2.44. The maximum atomic E-state index is 12.7. The first-order chi connectivity index (χ1) is 14.5. The predicted molar refractivity (Wildman–Crippen MR) is 102 cm³/mol. The summed E-state index contributed by atoms with van der Waals surface area (Å²) in [5.41, 5.74) is 0.407. The summed E-state index contributed by atoms with van der Waals surface area (Å²) >= 11 is 0. The second-order valence-electron chi connectivity index (χ2n) is 6.58. The standard InChI is InChI=1S/C19H15N5O6/c25-17-10-15(18(26)22(17)12-6-8-14(9-7-12)24(28)29)20-11-16-19(27)30-21-23(16)13-4-2-1-3-5-13/h1-9,15,20H,10-11H2/p+1. The van der Waals surface area contributed by atoms with Crippen molar-refractivity contribution in [3.05, 3.63) is 80.8 Å². The van der Waals surface area contributed by atoms with E-state index in [1.54, 1.807) is 24.3 Å². The second-order valence-corrected chi connectivity index (χ2v) is 6.58. The molecule has 1 saturated heterocycles. The molecule has 30 heavy (non-hydrogen) atoms. The number of nitro benzene ring substituents is 1. The molecule has 1 aliphatic heterocycles. The van der Waals surface area contributed by atoms with Crippen molar-refractivity contribution in [1.29, 1.82) is 0 Å². The highest BCUT2D eigenvalue weighted by Gasteiger charge is 2.40. The largest absolute Gasteiger partial charge is 0.431 e. The average molecular weight is 410 g/mol. The number of H-pyrrole nitrogens is 1. The van der Waals surface area contributed by atoms with Crippen LogP contribution < -0.4 is 20.5 Å². The summed E-state index contributed by atoms with van der Waals surface area (Å²) in [6.07, 6.45) is -0.100. The van der Waals surface area contributed by atoms with Gasteiger partial charge in [-0.15, -0.1) is 0 Å². The molecule has 1 aromatic heterocycles. The third kappa shape index (κ3) is 3.49. The van der Waals surface area contributed by atoms with Gasteiger partial charge in [-0.2, -0.15) is 0 Å². The van der Waals surface area contributed by atoms with Crippen LogP contribution in [0.5, 0.6) is 0 Å². The van der Waals surface area contributed by atoms with Gasteiger partial charge in [0.25, 0.3) is 11.6 Å². The smallest absolute Gasteiger partial charge is 0.296 e. The second kappa shape index (κ2) is 7.72. The fourth-order valence-electron chi connectivity index (χ4n) is 3.24.